The van der Waals surface area contributed by atoms with Crippen LogP contribution >= 0.6 is 38.9 Å². The third-order valence-electron chi connectivity index (χ3n) is 1.45. The lowest BCUT2D eigenvalue weighted by atomic mass is 10.2. The van der Waals surface area contributed by atoms with E-state index >= 15 is 0 Å². The number of ketones is 1. The highest BCUT2D eigenvalue weighted by Gasteiger charge is 2.09. The first-order chi connectivity index (χ1) is 5.65. The summed E-state index contributed by atoms with van der Waals surface area (Å²) in [5.41, 5.74) is 0. The van der Waals surface area contributed by atoms with Gasteiger partial charge >= 0.3 is 0 Å². The van der Waals surface area contributed by atoms with Crippen LogP contribution < -0.4 is 0 Å². The number of hydrogen-bond donors (Lipinski definition) is 0. The Labute approximate surface area is 88.9 Å². The van der Waals surface area contributed by atoms with Crippen molar-refractivity contribution in [3.05, 3.63) is 20.3 Å². The molecule has 0 unspecified atom stereocenters. The standard InChI is InChI=1S/C8H8BrClOS/c1-5-6(9)4-8(12-5)7(11)2-3-10/h4H,2-3H2,1H3. The summed E-state index contributed by atoms with van der Waals surface area (Å²) in [6.07, 6.45) is 0.425. The Balaban J connectivity index is 2.82. The second-order valence-corrected chi connectivity index (χ2v) is 4.87. The van der Waals surface area contributed by atoms with Gasteiger partial charge in [-0.25, -0.2) is 0 Å². The van der Waals surface area contributed by atoms with Crippen LogP contribution in [0.4, 0.5) is 0 Å². The first-order valence-electron chi connectivity index (χ1n) is 3.50. The Hall–Kier alpha value is 0.140. The van der Waals surface area contributed by atoms with Gasteiger partial charge in [-0.05, 0) is 28.9 Å². The van der Waals surface area contributed by atoms with E-state index in [0.29, 0.717) is 12.3 Å². The van der Waals surface area contributed by atoms with Gasteiger partial charge in [0.2, 0.25) is 0 Å². The quantitative estimate of drug-likeness (QED) is 0.604. The first kappa shape index (κ1) is 10.2. The van der Waals surface area contributed by atoms with Crippen molar-refractivity contribution in [1.82, 2.24) is 0 Å². The maximum atomic E-state index is 11.3. The lowest BCUT2D eigenvalue weighted by molar-refractivity contribution is 0.0993. The number of rotatable bonds is 3. The normalized spacial score (nSPS) is 10.2. The summed E-state index contributed by atoms with van der Waals surface area (Å²) in [6.45, 7) is 1.98. The van der Waals surface area contributed by atoms with Gasteiger partial charge in [-0.2, -0.15) is 0 Å². The maximum absolute atomic E-state index is 11.3. The van der Waals surface area contributed by atoms with Crippen molar-refractivity contribution >= 4 is 44.7 Å². The third-order valence-corrected chi connectivity index (χ3v) is 3.82. The summed E-state index contributed by atoms with van der Waals surface area (Å²) in [5.74, 6) is 0.525. The van der Waals surface area contributed by atoms with Gasteiger partial charge in [0.05, 0.1) is 4.88 Å². The molecule has 1 rings (SSSR count). The van der Waals surface area contributed by atoms with E-state index < -0.39 is 0 Å². The van der Waals surface area contributed by atoms with Gasteiger partial charge in [-0.3, -0.25) is 4.79 Å². The summed E-state index contributed by atoms with van der Waals surface area (Å²) in [4.78, 5) is 13.2. The summed E-state index contributed by atoms with van der Waals surface area (Å²) in [5, 5.41) is 0. The summed E-state index contributed by atoms with van der Waals surface area (Å²) >= 11 is 10.3. The molecule has 0 atom stereocenters. The molecule has 0 saturated heterocycles. The Morgan fingerprint density at radius 1 is 1.75 bits per heavy atom. The highest BCUT2D eigenvalue weighted by molar-refractivity contribution is 9.10. The fourth-order valence-electron chi connectivity index (χ4n) is 0.806. The van der Waals surface area contributed by atoms with Crippen molar-refractivity contribution in [3.8, 4) is 0 Å². The zero-order valence-corrected chi connectivity index (χ0v) is 9.72. The van der Waals surface area contributed by atoms with Gasteiger partial charge in [0.15, 0.2) is 5.78 Å². The van der Waals surface area contributed by atoms with E-state index in [1.807, 2.05) is 13.0 Å². The molecule has 0 aliphatic rings. The van der Waals surface area contributed by atoms with E-state index in [1.165, 1.54) is 11.3 Å². The third kappa shape index (κ3) is 2.31. The number of aryl methyl sites for hydroxylation is 1. The minimum atomic E-state index is 0.129. The van der Waals surface area contributed by atoms with Crippen molar-refractivity contribution in [2.45, 2.75) is 13.3 Å². The fourth-order valence-corrected chi connectivity index (χ4v) is 2.48. The van der Waals surface area contributed by atoms with E-state index in [2.05, 4.69) is 15.9 Å². The number of Topliss-reactive ketones (excluding diaryl/α,β-unsaturated/α-hetero) is 1. The molecule has 0 bridgehead atoms. The van der Waals surface area contributed by atoms with Gasteiger partial charge < -0.3 is 0 Å². The highest BCUT2D eigenvalue weighted by atomic mass is 79.9. The monoisotopic (exact) mass is 266 g/mol. The lowest BCUT2D eigenvalue weighted by Crippen LogP contribution is -1.95. The van der Waals surface area contributed by atoms with E-state index in [0.717, 1.165) is 14.2 Å². The van der Waals surface area contributed by atoms with Gasteiger partial charge in [-0.1, -0.05) is 0 Å². The maximum Gasteiger partial charge on any atom is 0.174 e. The number of hydrogen-bond acceptors (Lipinski definition) is 2. The number of carbonyl (C=O) groups is 1. The van der Waals surface area contributed by atoms with Crippen LogP contribution in [0.3, 0.4) is 0 Å². The summed E-state index contributed by atoms with van der Waals surface area (Å²) in [7, 11) is 0. The predicted molar refractivity (Wildman–Crippen MR) is 56.4 cm³/mol. The van der Waals surface area contributed by atoms with Crippen LogP contribution in [0, 0.1) is 6.92 Å². The number of alkyl halides is 1. The minimum Gasteiger partial charge on any atom is -0.293 e. The van der Waals surface area contributed by atoms with Crippen molar-refractivity contribution in [3.63, 3.8) is 0 Å². The second kappa shape index (κ2) is 4.40. The molecule has 0 aliphatic heterocycles. The van der Waals surface area contributed by atoms with Crippen LogP contribution in [0.2, 0.25) is 0 Å². The molecule has 0 fully saturated rings. The smallest absolute Gasteiger partial charge is 0.174 e. The Morgan fingerprint density at radius 2 is 2.42 bits per heavy atom. The molecule has 1 aromatic heterocycles. The Bertz CT molecular complexity index is 276. The fraction of sp³-hybridized carbons (Fsp3) is 0.375. The van der Waals surface area contributed by atoms with Gasteiger partial charge in [0, 0.05) is 21.7 Å². The van der Waals surface area contributed by atoms with Crippen LogP contribution in [-0.4, -0.2) is 11.7 Å². The molecule has 12 heavy (non-hydrogen) atoms. The number of carbonyl (C=O) groups excluding carboxylic acids is 1. The highest BCUT2D eigenvalue weighted by Crippen LogP contribution is 2.27. The average Bonchev–Trinajstić information content (AvgIpc) is 2.33. The van der Waals surface area contributed by atoms with Crippen molar-refractivity contribution < 1.29 is 4.79 Å². The molecule has 0 amide bonds. The van der Waals surface area contributed by atoms with Crippen LogP contribution in [0.15, 0.2) is 10.5 Å². The van der Waals surface area contributed by atoms with E-state index in [9.17, 15) is 4.79 Å². The van der Waals surface area contributed by atoms with Crippen LogP contribution in [0.1, 0.15) is 21.0 Å². The summed E-state index contributed by atoms with van der Waals surface area (Å²) < 4.78 is 1.01. The molecule has 1 nitrogen and oxygen atoms in total. The number of halogens is 2. The van der Waals surface area contributed by atoms with Gasteiger partial charge in [0.25, 0.3) is 0 Å². The Morgan fingerprint density at radius 3 is 2.83 bits per heavy atom. The zero-order chi connectivity index (χ0) is 9.14. The zero-order valence-electron chi connectivity index (χ0n) is 6.56. The van der Waals surface area contributed by atoms with Crippen LogP contribution in [0.25, 0.3) is 0 Å². The largest absolute Gasteiger partial charge is 0.293 e. The molecule has 66 valence electrons. The first-order valence-corrected chi connectivity index (χ1v) is 5.64. The van der Waals surface area contributed by atoms with Crippen molar-refractivity contribution in [2.75, 3.05) is 5.88 Å². The van der Waals surface area contributed by atoms with Gasteiger partial charge in [0.1, 0.15) is 0 Å². The lowest BCUT2D eigenvalue weighted by Gasteiger charge is -1.90. The van der Waals surface area contributed by atoms with Crippen LogP contribution in [-0.2, 0) is 0 Å². The summed E-state index contributed by atoms with van der Waals surface area (Å²) in [6, 6.07) is 1.86. The van der Waals surface area contributed by atoms with E-state index in [4.69, 9.17) is 11.6 Å². The molecule has 4 heteroatoms. The average molecular weight is 268 g/mol. The molecule has 0 aromatic carbocycles. The SMILES string of the molecule is Cc1sc(C(=O)CCCl)cc1Br. The molecule has 0 radical (unpaired) electrons. The van der Waals surface area contributed by atoms with Crippen LogP contribution in [0.5, 0.6) is 0 Å². The van der Waals surface area contributed by atoms with Crippen molar-refractivity contribution in [1.29, 1.82) is 0 Å². The molecular formula is C8H8BrClOS. The van der Waals surface area contributed by atoms with Crippen molar-refractivity contribution in [2.24, 2.45) is 0 Å². The topological polar surface area (TPSA) is 17.1 Å². The van der Waals surface area contributed by atoms with E-state index in [-0.39, 0.29) is 5.78 Å². The molecule has 0 saturated carbocycles. The van der Waals surface area contributed by atoms with Gasteiger partial charge in [-0.15, -0.1) is 22.9 Å². The molecule has 0 spiro atoms. The Kier molecular flexibility index (Phi) is 3.75. The molecule has 0 aliphatic carbocycles. The minimum absolute atomic E-state index is 0.129. The van der Waals surface area contributed by atoms with E-state index in [1.54, 1.807) is 0 Å². The molecule has 1 aromatic rings. The predicted octanol–water partition coefficient (Wildman–Crippen LogP) is 3.63. The number of thiophene rings is 1. The second-order valence-electron chi connectivity index (χ2n) is 2.38. The molecule has 1 heterocycles. The molecular weight excluding hydrogens is 260 g/mol. The molecule has 0 N–H and O–H groups in total.